The largest absolute Gasteiger partial charge is 0.493 e. The van der Waals surface area contributed by atoms with E-state index in [1.54, 1.807) is 7.11 Å². The van der Waals surface area contributed by atoms with E-state index in [0.717, 1.165) is 5.56 Å². The summed E-state index contributed by atoms with van der Waals surface area (Å²) in [7, 11) is 1.55. The van der Waals surface area contributed by atoms with Crippen molar-refractivity contribution in [2.45, 2.75) is 26.7 Å². The Bertz CT molecular complexity index is 356. The molecule has 0 saturated heterocycles. The summed E-state index contributed by atoms with van der Waals surface area (Å²) in [5, 5.41) is 0. The standard InChI is InChI=1S/C12H16O3/c1-8(2)10-5-6-11(14-4)12(7-10)15-9(3)13/h5-8H,1-4H3. The van der Waals surface area contributed by atoms with E-state index in [1.165, 1.54) is 6.92 Å². The van der Waals surface area contributed by atoms with E-state index in [2.05, 4.69) is 13.8 Å². The molecule has 0 aliphatic carbocycles. The maximum atomic E-state index is 10.9. The molecule has 1 rings (SSSR count). The van der Waals surface area contributed by atoms with E-state index in [4.69, 9.17) is 9.47 Å². The Kier molecular flexibility index (Phi) is 3.72. The summed E-state index contributed by atoms with van der Waals surface area (Å²) in [6.07, 6.45) is 0. The van der Waals surface area contributed by atoms with E-state index in [9.17, 15) is 4.79 Å². The van der Waals surface area contributed by atoms with Crippen LogP contribution in [0, 0.1) is 0 Å². The van der Waals surface area contributed by atoms with Gasteiger partial charge in [-0.25, -0.2) is 0 Å². The van der Waals surface area contributed by atoms with E-state index in [1.807, 2.05) is 18.2 Å². The highest BCUT2D eigenvalue weighted by Crippen LogP contribution is 2.30. The lowest BCUT2D eigenvalue weighted by atomic mass is 10.0. The molecule has 0 aromatic heterocycles. The van der Waals surface area contributed by atoms with Crippen molar-refractivity contribution in [3.8, 4) is 11.5 Å². The molecule has 0 bridgehead atoms. The van der Waals surface area contributed by atoms with E-state index in [0.29, 0.717) is 17.4 Å². The van der Waals surface area contributed by atoms with Crippen molar-refractivity contribution in [1.29, 1.82) is 0 Å². The number of methoxy groups -OCH3 is 1. The number of carbonyl (C=O) groups excluding carboxylic acids is 1. The number of esters is 1. The monoisotopic (exact) mass is 208 g/mol. The van der Waals surface area contributed by atoms with Gasteiger partial charge in [0.25, 0.3) is 0 Å². The molecule has 0 saturated carbocycles. The molecule has 1 aromatic rings. The molecule has 0 unspecified atom stereocenters. The maximum Gasteiger partial charge on any atom is 0.308 e. The molecule has 0 heterocycles. The smallest absolute Gasteiger partial charge is 0.308 e. The third kappa shape index (κ3) is 2.98. The Morgan fingerprint density at radius 1 is 1.27 bits per heavy atom. The van der Waals surface area contributed by atoms with E-state index < -0.39 is 0 Å². The second kappa shape index (κ2) is 4.82. The second-order valence-electron chi connectivity index (χ2n) is 3.66. The first-order valence-electron chi connectivity index (χ1n) is 4.91. The van der Waals surface area contributed by atoms with Crippen LogP contribution in [-0.2, 0) is 4.79 Å². The van der Waals surface area contributed by atoms with Crippen LogP contribution in [0.25, 0.3) is 0 Å². The molecule has 1 aromatic carbocycles. The fourth-order valence-electron chi connectivity index (χ4n) is 1.29. The van der Waals surface area contributed by atoms with Crippen molar-refractivity contribution in [3.05, 3.63) is 23.8 Å². The molecule has 0 atom stereocenters. The zero-order chi connectivity index (χ0) is 11.4. The SMILES string of the molecule is COc1ccc(C(C)C)cc1OC(C)=O. The number of benzene rings is 1. The summed E-state index contributed by atoms with van der Waals surface area (Å²) in [6, 6.07) is 5.62. The fraction of sp³-hybridized carbons (Fsp3) is 0.417. The molecule has 0 N–H and O–H groups in total. The van der Waals surface area contributed by atoms with Crippen LogP contribution in [0.3, 0.4) is 0 Å². The highest BCUT2D eigenvalue weighted by Gasteiger charge is 2.09. The van der Waals surface area contributed by atoms with Crippen LogP contribution >= 0.6 is 0 Å². The van der Waals surface area contributed by atoms with Crippen LogP contribution in [0.4, 0.5) is 0 Å². The summed E-state index contributed by atoms with van der Waals surface area (Å²) in [5.41, 5.74) is 1.12. The lowest BCUT2D eigenvalue weighted by molar-refractivity contribution is -0.132. The first-order valence-corrected chi connectivity index (χ1v) is 4.91. The van der Waals surface area contributed by atoms with Gasteiger partial charge in [0.2, 0.25) is 0 Å². The van der Waals surface area contributed by atoms with Gasteiger partial charge in [-0.05, 0) is 23.6 Å². The van der Waals surface area contributed by atoms with Gasteiger partial charge >= 0.3 is 5.97 Å². The first-order chi connectivity index (χ1) is 7.04. The van der Waals surface area contributed by atoms with Gasteiger partial charge in [0.1, 0.15) is 0 Å². The number of rotatable bonds is 3. The number of hydrogen-bond donors (Lipinski definition) is 0. The van der Waals surface area contributed by atoms with Crippen LogP contribution in [0.15, 0.2) is 18.2 Å². The predicted molar refractivity (Wildman–Crippen MR) is 58.4 cm³/mol. The van der Waals surface area contributed by atoms with Crippen molar-refractivity contribution in [1.82, 2.24) is 0 Å². The van der Waals surface area contributed by atoms with Gasteiger partial charge in [-0.2, -0.15) is 0 Å². The van der Waals surface area contributed by atoms with Crippen LogP contribution in [-0.4, -0.2) is 13.1 Å². The zero-order valence-corrected chi connectivity index (χ0v) is 9.53. The first kappa shape index (κ1) is 11.6. The highest BCUT2D eigenvalue weighted by molar-refractivity contribution is 5.70. The summed E-state index contributed by atoms with van der Waals surface area (Å²) < 4.78 is 10.2. The third-order valence-corrected chi connectivity index (χ3v) is 2.11. The zero-order valence-electron chi connectivity index (χ0n) is 9.53. The Morgan fingerprint density at radius 2 is 1.93 bits per heavy atom. The van der Waals surface area contributed by atoms with Gasteiger partial charge in [-0.15, -0.1) is 0 Å². The van der Waals surface area contributed by atoms with Crippen molar-refractivity contribution in [2.75, 3.05) is 7.11 Å². The fourth-order valence-corrected chi connectivity index (χ4v) is 1.29. The minimum absolute atomic E-state index is 0.339. The van der Waals surface area contributed by atoms with Gasteiger partial charge in [0.15, 0.2) is 11.5 Å². The summed E-state index contributed by atoms with van der Waals surface area (Å²) >= 11 is 0. The normalized spacial score (nSPS) is 10.2. The second-order valence-corrected chi connectivity index (χ2v) is 3.66. The highest BCUT2D eigenvalue weighted by atomic mass is 16.6. The molecule has 82 valence electrons. The number of hydrogen-bond acceptors (Lipinski definition) is 3. The van der Waals surface area contributed by atoms with E-state index in [-0.39, 0.29) is 5.97 Å². The summed E-state index contributed by atoms with van der Waals surface area (Å²) in [6.45, 7) is 5.54. The van der Waals surface area contributed by atoms with E-state index >= 15 is 0 Å². The molecule has 0 spiro atoms. The van der Waals surface area contributed by atoms with Crippen molar-refractivity contribution < 1.29 is 14.3 Å². The van der Waals surface area contributed by atoms with Gasteiger partial charge < -0.3 is 9.47 Å². The van der Waals surface area contributed by atoms with Gasteiger partial charge in [-0.3, -0.25) is 4.79 Å². The van der Waals surface area contributed by atoms with Crippen molar-refractivity contribution >= 4 is 5.97 Å². The Labute approximate surface area is 90.0 Å². The molecular weight excluding hydrogens is 192 g/mol. The maximum absolute atomic E-state index is 10.9. The van der Waals surface area contributed by atoms with Gasteiger partial charge in [0.05, 0.1) is 7.11 Å². The van der Waals surface area contributed by atoms with Gasteiger partial charge in [0, 0.05) is 6.92 Å². The summed E-state index contributed by atoms with van der Waals surface area (Å²) in [4.78, 5) is 10.9. The van der Waals surface area contributed by atoms with Crippen molar-refractivity contribution in [3.63, 3.8) is 0 Å². The van der Waals surface area contributed by atoms with Crippen LogP contribution in [0.5, 0.6) is 11.5 Å². The lowest BCUT2D eigenvalue weighted by Crippen LogP contribution is -2.03. The number of carbonyl (C=O) groups is 1. The summed E-state index contributed by atoms with van der Waals surface area (Å²) in [5.74, 6) is 1.12. The van der Waals surface area contributed by atoms with Crippen LogP contribution < -0.4 is 9.47 Å². The molecular formula is C12H16O3. The average Bonchev–Trinajstić information content (AvgIpc) is 2.16. The van der Waals surface area contributed by atoms with Gasteiger partial charge in [-0.1, -0.05) is 19.9 Å². The minimum atomic E-state index is -0.339. The third-order valence-electron chi connectivity index (χ3n) is 2.11. The van der Waals surface area contributed by atoms with Crippen molar-refractivity contribution in [2.24, 2.45) is 0 Å². The quantitative estimate of drug-likeness (QED) is 0.566. The molecule has 0 radical (unpaired) electrons. The predicted octanol–water partition coefficient (Wildman–Crippen LogP) is 2.74. The Hall–Kier alpha value is -1.51. The Morgan fingerprint density at radius 3 is 2.40 bits per heavy atom. The molecule has 0 aliphatic heterocycles. The minimum Gasteiger partial charge on any atom is -0.493 e. The number of ether oxygens (including phenoxy) is 2. The van der Waals surface area contributed by atoms with Crippen LogP contribution in [0.1, 0.15) is 32.3 Å². The molecule has 3 nitrogen and oxygen atoms in total. The average molecular weight is 208 g/mol. The Balaban J connectivity index is 3.07. The van der Waals surface area contributed by atoms with Crippen LogP contribution in [0.2, 0.25) is 0 Å². The molecule has 15 heavy (non-hydrogen) atoms. The molecule has 0 fully saturated rings. The molecule has 0 aliphatic rings. The molecule has 0 amide bonds. The topological polar surface area (TPSA) is 35.5 Å². The lowest BCUT2D eigenvalue weighted by Gasteiger charge is -2.11. The molecule has 3 heteroatoms.